The molecule has 0 amide bonds. The van der Waals surface area contributed by atoms with E-state index in [1.54, 1.807) is 30.3 Å². The van der Waals surface area contributed by atoms with E-state index in [2.05, 4.69) is 0 Å². The van der Waals surface area contributed by atoms with E-state index in [1.807, 2.05) is 49.4 Å². The lowest BCUT2D eigenvalue weighted by atomic mass is 10.0. The van der Waals surface area contributed by atoms with Crippen LogP contribution in [0.5, 0.6) is 5.75 Å². The van der Waals surface area contributed by atoms with Crippen LogP contribution in [0, 0.1) is 6.92 Å². The van der Waals surface area contributed by atoms with Crippen molar-refractivity contribution in [3.05, 3.63) is 83.9 Å². The highest BCUT2D eigenvalue weighted by Gasteiger charge is 2.43. The molecule has 0 saturated carbocycles. The lowest BCUT2D eigenvalue weighted by molar-refractivity contribution is 0.106. The van der Waals surface area contributed by atoms with Crippen molar-refractivity contribution in [1.29, 1.82) is 0 Å². The molecule has 1 unspecified atom stereocenters. The number of benzene rings is 3. The summed E-state index contributed by atoms with van der Waals surface area (Å²) in [5, 5.41) is 0.469. The molecular formula is C20H15O3P. The van der Waals surface area contributed by atoms with Crippen molar-refractivity contribution < 1.29 is 13.9 Å². The van der Waals surface area contributed by atoms with Crippen LogP contribution in [0.2, 0.25) is 0 Å². The van der Waals surface area contributed by atoms with Crippen molar-refractivity contribution in [1.82, 2.24) is 0 Å². The third-order valence-corrected chi connectivity index (χ3v) is 6.52. The number of para-hydroxylation sites is 1. The second kappa shape index (κ2) is 5.47. The fourth-order valence-corrected chi connectivity index (χ4v) is 5.24. The molecule has 118 valence electrons. The monoisotopic (exact) mass is 334 g/mol. The molecule has 0 radical (unpaired) electrons. The number of fused-ring (bicyclic) bond motifs is 3. The van der Waals surface area contributed by atoms with Crippen LogP contribution in [0.4, 0.5) is 0 Å². The third kappa shape index (κ3) is 2.13. The maximum atomic E-state index is 13.7. The SMILES string of the molecule is Cc1ccccc1C(=O)P1(=O)Oc2ccccc2-c2ccccc21. The Morgan fingerprint density at radius 3 is 2.25 bits per heavy atom. The summed E-state index contributed by atoms with van der Waals surface area (Å²) in [4.78, 5) is 13.1. The van der Waals surface area contributed by atoms with Crippen molar-refractivity contribution in [2.24, 2.45) is 0 Å². The number of aryl methyl sites for hydroxylation is 1. The number of hydrogen-bond donors (Lipinski definition) is 0. The summed E-state index contributed by atoms with van der Waals surface area (Å²) in [6.45, 7) is 1.84. The van der Waals surface area contributed by atoms with Gasteiger partial charge < -0.3 is 4.52 Å². The summed E-state index contributed by atoms with van der Waals surface area (Å²) in [6, 6.07) is 21.8. The molecule has 0 saturated heterocycles. The zero-order valence-electron chi connectivity index (χ0n) is 13.1. The highest BCUT2D eigenvalue weighted by molar-refractivity contribution is 7.84. The first-order valence-corrected chi connectivity index (χ1v) is 9.33. The fourth-order valence-electron chi connectivity index (χ4n) is 3.04. The largest absolute Gasteiger partial charge is 0.434 e. The van der Waals surface area contributed by atoms with Crippen LogP contribution < -0.4 is 9.83 Å². The highest BCUT2D eigenvalue weighted by Crippen LogP contribution is 2.56. The second-order valence-electron chi connectivity index (χ2n) is 5.78. The Labute approximate surface area is 140 Å². The molecule has 0 N–H and O–H groups in total. The summed E-state index contributed by atoms with van der Waals surface area (Å²) in [6.07, 6.45) is 0. The van der Waals surface area contributed by atoms with Gasteiger partial charge in [-0.15, -0.1) is 0 Å². The van der Waals surface area contributed by atoms with E-state index in [-0.39, 0.29) is 0 Å². The normalized spacial score (nSPS) is 18.2. The Morgan fingerprint density at radius 2 is 1.46 bits per heavy atom. The van der Waals surface area contributed by atoms with Gasteiger partial charge in [0.1, 0.15) is 5.75 Å². The molecule has 3 aromatic rings. The average Bonchev–Trinajstić information content (AvgIpc) is 2.62. The number of hydrogen-bond acceptors (Lipinski definition) is 3. The number of rotatable bonds is 2. The van der Waals surface area contributed by atoms with Crippen LogP contribution in [0.15, 0.2) is 72.8 Å². The molecule has 24 heavy (non-hydrogen) atoms. The maximum absolute atomic E-state index is 13.7. The van der Waals surface area contributed by atoms with E-state index in [0.29, 0.717) is 16.6 Å². The first-order chi connectivity index (χ1) is 11.6. The summed E-state index contributed by atoms with van der Waals surface area (Å²) < 4.78 is 19.5. The number of carbonyl (C=O) groups is 1. The summed E-state index contributed by atoms with van der Waals surface area (Å²) in [7, 11) is -3.71. The Hall–Kier alpha value is -2.64. The van der Waals surface area contributed by atoms with E-state index in [4.69, 9.17) is 4.52 Å². The molecule has 0 bridgehead atoms. The van der Waals surface area contributed by atoms with Gasteiger partial charge >= 0.3 is 7.37 Å². The van der Waals surface area contributed by atoms with Gasteiger partial charge in [0.25, 0.3) is 5.52 Å². The lowest BCUT2D eigenvalue weighted by Gasteiger charge is -2.27. The van der Waals surface area contributed by atoms with Gasteiger partial charge in [0, 0.05) is 11.1 Å². The molecule has 0 aliphatic carbocycles. The van der Waals surface area contributed by atoms with E-state index >= 15 is 0 Å². The zero-order valence-corrected chi connectivity index (χ0v) is 14.0. The van der Waals surface area contributed by atoms with Gasteiger partial charge in [0.05, 0.1) is 5.30 Å². The van der Waals surface area contributed by atoms with Crippen LogP contribution in [0.1, 0.15) is 15.9 Å². The Morgan fingerprint density at radius 1 is 0.833 bits per heavy atom. The minimum absolute atomic E-state index is 0.440. The van der Waals surface area contributed by atoms with E-state index in [0.717, 1.165) is 16.7 Å². The van der Waals surface area contributed by atoms with Crippen molar-refractivity contribution in [2.75, 3.05) is 0 Å². The van der Waals surface area contributed by atoms with E-state index in [9.17, 15) is 9.36 Å². The first kappa shape index (κ1) is 14.9. The molecule has 0 fully saturated rings. The molecule has 4 rings (SSSR count). The molecule has 1 aliphatic heterocycles. The molecule has 1 heterocycles. The fraction of sp³-hybridized carbons (Fsp3) is 0.0500. The second-order valence-corrected chi connectivity index (χ2v) is 7.95. The molecule has 1 atom stereocenters. The summed E-state index contributed by atoms with van der Waals surface area (Å²) >= 11 is 0. The standard InChI is InChI=1S/C20H15O3P/c1-14-8-2-3-9-15(14)20(21)24(22)19-13-7-5-11-17(19)16-10-4-6-12-18(16)23-24/h2-13H,1H3. The summed E-state index contributed by atoms with van der Waals surface area (Å²) in [5.74, 6) is 0.487. The Kier molecular flexibility index (Phi) is 3.40. The van der Waals surface area contributed by atoms with Gasteiger partial charge in [-0.3, -0.25) is 9.36 Å². The molecular weight excluding hydrogens is 319 g/mol. The van der Waals surface area contributed by atoms with Crippen LogP contribution in [0.25, 0.3) is 11.1 Å². The van der Waals surface area contributed by atoms with Crippen LogP contribution >= 0.6 is 7.37 Å². The summed E-state index contributed by atoms with van der Waals surface area (Å²) in [5.41, 5.74) is 2.43. The van der Waals surface area contributed by atoms with Crippen molar-refractivity contribution in [3.8, 4) is 16.9 Å². The molecule has 4 heteroatoms. The first-order valence-electron chi connectivity index (χ1n) is 7.70. The van der Waals surface area contributed by atoms with Gasteiger partial charge in [-0.25, -0.2) is 0 Å². The van der Waals surface area contributed by atoms with E-state index in [1.165, 1.54) is 0 Å². The smallest absolute Gasteiger partial charge is 0.347 e. The van der Waals surface area contributed by atoms with Crippen molar-refractivity contribution in [3.63, 3.8) is 0 Å². The van der Waals surface area contributed by atoms with Gasteiger partial charge in [-0.1, -0.05) is 60.7 Å². The topological polar surface area (TPSA) is 43.4 Å². The maximum Gasteiger partial charge on any atom is 0.347 e. The van der Waals surface area contributed by atoms with Gasteiger partial charge in [0.15, 0.2) is 0 Å². The quantitative estimate of drug-likeness (QED) is 0.632. The number of carbonyl (C=O) groups excluding carboxylic acids is 1. The van der Waals surface area contributed by atoms with Gasteiger partial charge in [0.2, 0.25) is 0 Å². The minimum atomic E-state index is -3.71. The molecule has 0 spiro atoms. The van der Waals surface area contributed by atoms with Crippen molar-refractivity contribution >= 4 is 18.2 Å². The highest BCUT2D eigenvalue weighted by atomic mass is 31.2. The predicted octanol–water partition coefficient (Wildman–Crippen LogP) is 4.80. The molecule has 0 aromatic heterocycles. The predicted molar refractivity (Wildman–Crippen MR) is 95.3 cm³/mol. The Bertz CT molecular complexity index is 1010. The van der Waals surface area contributed by atoms with Crippen LogP contribution in [-0.2, 0) is 4.57 Å². The third-order valence-electron chi connectivity index (χ3n) is 4.27. The zero-order chi connectivity index (χ0) is 16.7. The Balaban J connectivity index is 1.95. The van der Waals surface area contributed by atoms with Gasteiger partial charge in [-0.05, 0) is 30.2 Å². The molecule has 3 aromatic carbocycles. The van der Waals surface area contributed by atoms with Gasteiger partial charge in [-0.2, -0.15) is 0 Å². The van der Waals surface area contributed by atoms with Crippen LogP contribution in [0.3, 0.4) is 0 Å². The molecule has 1 aliphatic rings. The average molecular weight is 334 g/mol. The van der Waals surface area contributed by atoms with E-state index < -0.39 is 12.9 Å². The van der Waals surface area contributed by atoms with Crippen LogP contribution in [-0.4, -0.2) is 5.52 Å². The lowest BCUT2D eigenvalue weighted by Crippen LogP contribution is -2.23. The van der Waals surface area contributed by atoms with Crippen molar-refractivity contribution in [2.45, 2.75) is 6.92 Å². The minimum Gasteiger partial charge on any atom is -0.434 e. The molecule has 3 nitrogen and oxygen atoms in total.